The van der Waals surface area contributed by atoms with Gasteiger partial charge < -0.3 is 9.64 Å². The molecule has 2 aromatic rings. The van der Waals surface area contributed by atoms with Gasteiger partial charge in [-0.3, -0.25) is 14.9 Å². The van der Waals surface area contributed by atoms with Crippen LogP contribution in [0.25, 0.3) is 0 Å². The highest BCUT2D eigenvalue weighted by molar-refractivity contribution is 5.94. The van der Waals surface area contributed by atoms with E-state index in [9.17, 15) is 14.9 Å². The second-order valence-electron chi connectivity index (χ2n) is 5.90. The number of fused-ring (bicyclic) bond motifs is 1. The summed E-state index contributed by atoms with van der Waals surface area (Å²) in [6.45, 7) is 0.982. The number of rotatable bonds is 4. The molecule has 0 aromatic heterocycles. The first-order valence-corrected chi connectivity index (χ1v) is 7.73. The molecule has 1 heterocycles. The van der Waals surface area contributed by atoms with Gasteiger partial charge in [-0.2, -0.15) is 0 Å². The van der Waals surface area contributed by atoms with Gasteiger partial charge in [-0.15, -0.1) is 0 Å². The second-order valence-corrected chi connectivity index (χ2v) is 5.90. The molecular weight excluding hydrogens is 308 g/mol. The molecular formula is C18H18N2O4. The van der Waals surface area contributed by atoms with E-state index in [-0.39, 0.29) is 17.7 Å². The predicted octanol–water partition coefficient (Wildman–Crippen LogP) is 2.81. The Balaban J connectivity index is 1.67. The van der Waals surface area contributed by atoms with Crippen LogP contribution in [-0.2, 0) is 17.8 Å². The molecule has 2 aromatic carbocycles. The van der Waals surface area contributed by atoms with Crippen molar-refractivity contribution >= 4 is 11.6 Å². The number of carbonyl (C=O) groups excluding carboxylic acids is 1. The average Bonchev–Trinajstić information content (AvgIpc) is 2.61. The van der Waals surface area contributed by atoms with Gasteiger partial charge in [0.2, 0.25) is 0 Å². The third-order valence-corrected chi connectivity index (χ3v) is 4.17. The lowest BCUT2D eigenvalue weighted by Gasteiger charge is -2.29. The van der Waals surface area contributed by atoms with Gasteiger partial charge in [0.15, 0.2) is 0 Å². The van der Waals surface area contributed by atoms with Crippen LogP contribution in [0, 0.1) is 10.1 Å². The summed E-state index contributed by atoms with van der Waals surface area (Å²) in [6, 6.07) is 13.9. The van der Waals surface area contributed by atoms with E-state index in [1.807, 2.05) is 18.2 Å². The number of hydrogen-bond acceptors (Lipinski definition) is 4. The molecule has 0 saturated heterocycles. The van der Waals surface area contributed by atoms with Crippen LogP contribution >= 0.6 is 0 Å². The maximum absolute atomic E-state index is 12.5. The zero-order chi connectivity index (χ0) is 17.1. The molecule has 0 N–H and O–H groups in total. The van der Waals surface area contributed by atoms with Crippen molar-refractivity contribution < 1.29 is 14.5 Å². The summed E-state index contributed by atoms with van der Waals surface area (Å²) in [6.07, 6.45) is 0.676. The summed E-state index contributed by atoms with van der Waals surface area (Å²) >= 11 is 0. The lowest BCUT2D eigenvalue weighted by molar-refractivity contribution is -0.384. The minimum absolute atomic E-state index is 0.0763. The Morgan fingerprint density at radius 2 is 2.00 bits per heavy atom. The van der Waals surface area contributed by atoms with Gasteiger partial charge in [-0.25, -0.2) is 0 Å². The highest BCUT2D eigenvalue weighted by atomic mass is 16.6. The molecule has 0 aliphatic carbocycles. The normalized spacial score (nSPS) is 16.3. The molecule has 1 aliphatic heterocycles. The van der Waals surface area contributed by atoms with Gasteiger partial charge in [0.25, 0.3) is 11.6 Å². The van der Waals surface area contributed by atoms with Crippen LogP contribution in [0.4, 0.5) is 5.69 Å². The molecule has 6 heteroatoms. The molecule has 1 aliphatic rings. The van der Waals surface area contributed by atoms with Gasteiger partial charge in [0.05, 0.1) is 17.6 Å². The largest absolute Gasteiger partial charge is 0.371 e. The van der Waals surface area contributed by atoms with Crippen molar-refractivity contribution in [2.45, 2.75) is 19.1 Å². The second kappa shape index (κ2) is 6.80. The Kier molecular flexibility index (Phi) is 4.57. The predicted molar refractivity (Wildman–Crippen MR) is 88.8 cm³/mol. The Morgan fingerprint density at radius 3 is 2.75 bits per heavy atom. The van der Waals surface area contributed by atoms with E-state index in [2.05, 4.69) is 6.07 Å². The number of nitrogens with zero attached hydrogens (tertiary/aromatic N) is 2. The molecule has 6 nitrogen and oxygen atoms in total. The summed E-state index contributed by atoms with van der Waals surface area (Å²) in [5.74, 6) is -0.249. The van der Waals surface area contributed by atoms with E-state index in [4.69, 9.17) is 4.74 Å². The topological polar surface area (TPSA) is 72.7 Å². The smallest absolute Gasteiger partial charge is 0.270 e. The number of ether oxygens (including phenoxy) is 1. The maximum Gasteiger partial charge on any atom is 0.270 e. The number of nitro groups is 1. The lowest BCUT2D eigenvalue weighted by Crippen LogP contribution is -2.38. The van der Waals surface area contributed by atoms with Crippen molar-refractivity contribution in [1.82, 2.24) is 4.90 Å². The van der Waals surface area contributed by atoms with Crippen LogP contribution in [0.5, 0.6) is 0 Å². The quantitative estimate of drug-likeness (QED) is 0.640. The molecule has 1 unspecified atom stereocenters. The van der Waals surface area contributed by atoms with Gasteiger partial charge >= 0.3 is 0 Å². The minimum Gasteiger partial charge on any atom is -0.371 e. The van der Waals surface area contributed by atoms with Crippen molar-refractivity contribution in [2.75, 3.05) is 13.6 Å². The molecule has 3 rings (SSSR count). The third-order valence-electron chi connectivity index (χ3n) is 4.17. The van der Waals surface area contributed by atoms with Crippen molar-refractivity contribution in [3.8, 4) is 0 Å². The van der Waals surface area contributed by atoms with Crippen LogP contribution < -0.4 is 0 Å². The summed E-state index contributed by atoms with van der Waals surface area (Å²) < 4.78 is 5.82. The number of nitro benzene ring substituents is 1. The van der Waals surface area contributed by atoms with Crippen LogP contribution in [0.2, 0.25) is 0 Å². The summed E-state index contributed by atoms with van der Waals surface area (Å²) in [5.41, 5.74) is 2.64. The van der Waals surface area contributed by atoms with Crippen LogP contribution in [-0.4, -0.2) is 35.4 Å². The SMILES string of the molecule is CN(CC1Cc2ccccc2CO1)C(=O)c1cccc([N+](=O)[O-])c1. The average molecular weight is 326 g/mol. The van der Waals surface area contributed by atoms with Crippen molar-refractivity contribution in [3.05, 3.63) is 75.3 Å². The van der Waals surface area contributed by atoms with E-state index in [1.54, 1.807) is 18.0 Å². The number of benzene rings is 2. The number of carbonyl (C=O) groups is 1. The van der Waals surface area contributed by atoms with Crippen molar-refractivity contribution in [3.63, 3.8) is 0 Å². The molecule has 0 radical (unpaired) electrons. The summed E-state index contributed by atoms with van der Waals surface area (Å²) in [7, 11) is 1.69. The molecule has 1 amide bonds. The lowest BCUT2D eigenvalue weighted by atomic mass is 9.99. The van der Waals surface area contributed by atoms with E-state index < -0.39 is 4.92 Å². The monoisotopic (exact) mass is 326 g/mol. The number of amides is 1. The fourth-order valence-electron chi connectivity index (χ4n) is 2.89. The van der Waals surface area contributed by atoms with E-state index in [0.717, 1.165) is 6.42 Å². The maximum atomic E-state index is 12.5. The zero-order valence-electron chi connectivity index (χ0n) is 13.3. The van der Waals surface area contributed by atoms with Crippen molar-refractivity contribution in [1.29, 1.82) is 0 Å². The van der Waals surface area contributed by atoms with Crippen LogP contribution in [0.1, 0.15) is 21.5 Å². The molecule has 124 valence electrons. The van der Waals surface area contributed by atoms with Crippen LogP contribution in [0.15, 0.2) is 48.5 Å². The fraction of sp³-hybridized carbons (Fsp3) is 0.278. The first-order valence-electron chi connectivity index (χ1n) is 7.73. The molecule has 0 fully saturated rings. The Hall–Kier alpha value is -2.73. The van der Waals surface area contributed by atoms with Gasteiger partial charge in [-0.05, 0) is 17.2 Å². The van der Waals surface area contributed by atoms with E-state index in [0.29, 0.717) is 18.7 Å². The van der Waals surface area contributed by atoms with Gasteiger partial charge in [0, 0.05) is 37.7 Å². The Morgan fingerprint density at radius 1 is 1.25 bits per heavy atom. The van der Waals surface area contributed by atoms with Crippen LogP contribution in [0.3, 0.4) is 0 Å². The number of hydrogen-bond donors (Lipinski definition) is 0. The van der Waals surface area contributed by atoms with Gasteiger partial charge in [0.1, 0.15) is 0 Å². The molecule has 0 spiro atoms. The standard InChI is InChI=1S/C18H18N2O4/c1-19(18(21)14-7-4-8-16(9-14)20(22)23)11-17-10-13-5-2-3-6-15(13)12-24-17/h2-9,17H,10-12H2,1H3. The first kappa shape index (κ1) is 16.1. The molecule has 24 heavy (non-hydrogen) atoms. The zero-order valence-corrected chi connectivity index (χ0v) is 13.3. The number of non-ortho nitro benzene ring substituents is 1. The fourth-order valence-corrected chi connectivity index (χ4v) is 2.89. The van der Waals surface area contributed by atoms with Gasteiger partial charge in [-0.1, -0.05) is 30.3 Å². The van der Waals surface area contributed by atoms with E-state index in [1.165, 1.54) is 29.3 Å². The molecule has 1 atom stereocenters. The molecule has 0 bridgehead atoms. The third kappa shape index (κ3) is 3.44. The summed E-state index contributed by atoms with van der Waals surface area (Å²) in [5, 5.41) is 10.8. The Bertz CT molecular complexity index is 775. The highest BCUT2D eigenvalue weighted by Crippen LogP contribution is 2.21. The minimum atomic E-state index is -0.502. The Labute approximate surface area is 139 Å². The summed E-state index contributed by atoms with van der Waals surface area (Å²) in [4.78, 5) is 24.4. The molecule has 0 saturated carbocycles. The number of likely N-dealkylation sites (N-methyl/N-ethyl adjacent to an activating group) is 1. The highest BCUT2D eigenvalue weighted by Gasteiger charge is 2.23. The van der Waals surface area contributed by atoms with Crippen molar-refractivity contribution in [2.24, 2.45) is 0 Å². The van der Waals surface area contributed by atoms with E-state index >= 15 is 0 Å². The first-order chi connectivity index (χ1) is 11.5.